The highest BCUT2D eigenvalue weighted by Gasteiger charge is 2.13. The number of H-pyrrole nitrogens is 1. The quantitative estimate of drug-likeness (QED) is 0.743. The van der Waals surface area contributed by atoms with Crippen LogP contribution >= 0.6 is 11.3 Å². The molecule has 0 fully saturated rings. The lowest BCUT2D eigenvalue weighted by molar-refractivity contribution is 0.742. The van der Waals surface area contributed by atoms with E-state index in [1.54, 1.807) is 0 Å². The number of nitrogens with two attached hydrogens (primary N) is 1. The molecule has 0 aromatic carbocycles. The van der Waals surface area contributed by atoms with Gasteiger partial charge in [-0.15, -0.1) is 11.3 Å². The maximum absolute atomic E-state index is 5.75. The van der Waals surface area contributed by atoms with Crippen molar-refractivity contribution in [1.29, 1.82) is 0 Å². The van der Waals surface area contributed by atoms with Gasteiger partial charge in [0.25, 0.3) is 0 Å². The van der Waals surface area contributed by atoms with Crippen LogP contribution in [0.3, 0.4) is 0 Å². The number of nitrogens with one attached hydrogen (secondary N) is 1. The van der Waals surface area contributed by atoms with E-state index < -0.39 is 0 Å². The SMILES string of the molecule is Nc1nc(-c2c[nH]c3ncc(C4=CCCCC4)cc23)cs1. The largest absolute Gasteiger partial charge is 0.375 e. The minimum Gasteiger partial charge on any atom is -0.375 e. The number of aromatic nitrogens is 3. The van der Waals surface area contributed by atoms with Gasteiger partial charge < -0.3 is 10.7 Å². The lowest BCUT2D eigenvalue weighted by Gasteiger charge is -2.12. The molecule has 0 radical (unpaired) electrons. The lowest BCUT2D eigenvalue weighted by atomic mass is 9.94. The number of nitrogens with zero attached hydrogens (tertiary/aromatic N) is 2. The van der Waals surface area contributed by atoms with E-state index in [4.69, 9.17) is 5.73 Å². The number of allylic oxidation sites excluding steroid dienone is 2. The highest BCUT2D eigenvalue weighted by atomic mass is 32.1. The van der Waals surface area contributed by atoms with Crippen LogP contribution in [0.2, 0.25) is 0 Å². The van der Waals surface area contributed by atoms with Gasteiger partial charge in [-0.3, -0.25) is 0 Å². The van der Waals surface area contributed by atoms with Gasteiger partial charge in [0.1, 0.15) is 5.65 Å². The molecule has 3 heterocycles. The van der Waals surface area contributed by atoms with Crippen molar-refractivity contribution in [2.45, 2.75) is 25.7 Å². The summed E-state index contributed by atoms with van der Waals surface area (Å²) in [5.74, 6) is 0. The summed E-state index contributed by atoms with van der Waals surface area (Å²) in [6.07, 6.45) is 11.2. The monoisotopic (exact) mass is 296 g/mol. The Balaban J connectivity index is 1.84. The molecule has 3 N–H and O–H groups in total. The van der Waals surface area contributed by atoms with Gasteiger partial charge in [-0.05, 0) is 42.9 Å². The van der Waals surface area contributed by atoms with Crippen molar-refractivity contribution in [3.05, 3.63) is 35.5 Å². The molecule has 3 aromatic heterocycles. The van der Waals surface area contributed by atoms with E-state index in [9.17, 15) is 0 Å². The summed E-state index contributed by atoms with van der Waals surface area (Å²) in [6.45, 7) is 0. The molecule has 1 aliphatic carbocycles. The Bertz CT molecular complexity index is 828. The van der Waals surface area contributed by atoms with Crippen molar-refractivity contribution >= 4 is 33.1 Å². The first-order valence-corrected chi connectivity index (χ1v) is 8.07. The van der Waals surface area contributed by atoms with E-state index in [2.05, 4.69) is 27.1 Å². The standard InChI is InChI=1S/C16H16N4S/c17-16-20-14(9-21-16)13-8-19-15-12(13)6-11(7-18-15)10-4-2-1-3-5-10/h4,6-9H,1-3,5H2,(H2,17,20)(H,18,19). The van der Waals surface area contributed by atoms with Crippen molar-refractivity contribution in [3.63, 3.8) is 0 Å². The van der Waals surface area contributed by atoms with Gasteiger partial charge in [0.15, 0.2) is 5.13 Å². The molecule has 0 atom stereocenters. The molecular weight excluding hydrogens is 280 g/mol. The van der Waals surface area contributed by atoms with E-state index in [-0.39, 0.29) is 0 Å². The zero-order valence-corrected chi connectivity index (χ0v) is 12.4. The van der Waals surface area contributed by atoms with Crippen molar-refractivity contribution in [3.8, 4) is 11.3 Å². The van der Waals surface area contributed by atoms with Crippen LogP contribution in [0.1, 0.15) is 31.2 Å². The first-order valence-electron chi connectivity index (χ1n) is 7.19. The average Bonchev–Trinajstić information content (AvgIpc) is 3.13. The smallest absolute Gasteiger partial charge is 0.180 e. The van der Waals surface area contributed by atoms with Gasteiger partial charge in [-0.1, -0.05) is 6.08 Å². The number of nitrogen functional groups attached to an aromatic ring is 1. The normalized spacial score (nSPS) is 15.3. The van der Waals surface area contributed by atoms with E-state index >= 15 is 0 Å². The van der Waals surface area contributed by atoms with E-state index in [1.165, 1.54) is 41.7 Å². The first-order chi connectivity index (χ1) is 10.3. The number of pyridine rings is 1. The van der Waals surface area contributed by atoms with E-state index in [0.717, 1.165) is 28.7 Å². The number of hydrogen-bond acceptors (Lipinski definition) is 4. The Morgan fingerprint density at radius 1 is 1.29 bits per heavy atom. The van der Waals surface area contributed by atoms with Crippen LogP contribution < -0.4 is 5.73 Å². The maximum Gasteiger partial charge on any atom is 0.180 e. The number of fused-ring (bicyclic) bond motifs is 1. The third-order valence-corrected chi connectivity index (χ3v) is 4.66. The first kappa shape index (κ1) is 12.6. The van der Waals surface area contributed by atoms with Crippen molar-refractivity contribution in [2.75, 3.05) is 5.73 Å². The van der Waals surface area contributed by atoms with Crippen molar-refractivity contribution in [2.24, 2.45) is 0 Å². The second-order valence-corrected chi connectivity index (χ2v) is 6.26. The number of aromatic amines is 1. The summed E-state index contributed by atoms with van der Waals surface area (Å²) >= 11 is 1.46. The molecule has 0 bridgehead atoms. The van der Waals surface area contributed by atoms with Gasteiger partial charge >= 0.3 is 0 Å². The van der Waals surface area contributed by atoms with Gasteiger partial charge in [0.05, 0.1) is 5.69 Å². The second-order valence-electron chi connectivity index (χ2n) is 5.37. The Kier molecular flexibility index (Phi) is 3.00. The molecule has 4 nitrogen and oxygen atoms in total. The second kappa shape index (κ2) is 5.00. The molecule has 0 unspecified atom stereocenters. The van der Waals surface area contributed by atoms with Crippen LogP contribution in [-0.4, -0.2) is 15.0 Å². The molecule has 4 rings (SSSR count). The Hall–Kier alpha value is -2.14. The summed E-state index contributed by atoms with van der Waals surface area (Å²) in [6, 6.07) is 2.22. The van der Waals surface area contributed by atoms with Crippen LogP contribution in [-0.2, 0) is 0 Å². The highest BCUT2D eigenvalue weighted by molar-refractivity contribution is 7.13. The average molecular weight is 296 g/mol. The third-order valence-electron chi connectivity index (χ3n) is 3.99. The van der Waals surface area contributed by atoms with Gasteiger partial charge in [0.2, 0.25) is 0 Å². The molecule has 0 saturated heterocycles. The van der Waals surface area contributed by atoms with Crippen LogP contribution in [0.5, 0.6) is 0 Å². The fraction of sp³-hybridized carbons (Fsp3) is 0.250. The molecular formula is C16H16N4S. The Morgan fingerprint density at radius 2 is 2.24 bits per heavy atom. The predicted molar refractivity (Wildman–Crippen MR) is 88.1 cm³/mol. The summed E-state index contributed by atoms with van der Waals surface area (Å²) < 4.78 is 0. The highest BCUT2D eigenvalue weighted by Crippen LogP contribution is 2.33. The number of rotatable bonds is 2. The van der Waals surface area contributed by atoms with Crippen LogP contribution in [0.4, 0.5) is 5.13 Å². The third kappa shape index (κ3) is 2.23. The fourth-order valence-electron chi connectivity index (χ4n) is 2.90. The molecule has 106 valence electrons. The molecule has 5 heteroatoms. The van der Waals surface area contributed by atoms with E-state index in [1.807, 2.05) is 17.8 Å². The zero-order chi connectivity index (χ0) is 14.2. The summed E-state index contributed by atoms with van der Waals surface area (Å²) in [4.78, 5) is 12.2. The van der Waals surface area contributed by atoms with E-state index in [0.29, 0.717) is 5.13 Å². The minimum absolute atomic E-state index is 0.596. The summed E-state index contributed by atoms with van der Waals surface area (Å²) in [5.41, 5.74) is 11.3. The molecule has 0 saturated carbocycles. The maximum atomic E-state index is 5.75. The van der Waals surface area contributed by atoms with Crippen molar-refractivity contribution < 1.29 is 0 Å². The van der Waals surface area contributed by atoms with Crippen LogP contribution in [0, 0.1) is 0 Å². The van der Waals surface area contributed by atoms with Gasteiger partial charge in [0, 0.05) is 28.7 Å². The topological polar surface area (TPSA) is 67.6 Å². The van der Waals surface area contributed by atoms with Crippen LogP contribution in [0.25, 0.3) is 27.9 Å². The molecule has 3 aromatic rings. The number of thiazole rings is 1. The molecule has 21 heavy (non-hydrogen) atoms. The molecule has 0 spiro atoms. The lowest BCUT2D eigenvalue weighted by Crippen LogP contribution is -1.93. The number of anilines is 1. The fourth-order valence-corrected chi connectivity index (χ4v) is 3.47. The van der Waals surface area contributed by atoms with Gasteiger partial charge in [-0.25, -0.2) is 9.97 Å². The Morgan fingerprint density at radius 3 is 3.00 bits per heavy atom. The molecule has 0 aliphatic heterocycles. The summed E-state index contributed by atoms with van der Waals surface area (Å²) in [5, 5.41) is 3.70. The molecule has 0 amide bonds. The Labute approximate surface area is 126 Å². The summed E-state index contributed by atoms with van der Waals surface area (Å²) in [7, 11) is 0. The van der Waals surface area contributed by atoms with Crippen molar-refractivity contribution in [1.82, 2.24) is 15.0 Å². The predicted octanol–water partition coefficient (Wildman–Crippen LogP) is 4.23. The minimum atomic E-state index is 0.596. The molecule has 1 aliphatic rings. The van der Waals surface area contributed by atoms with Crippen LogP contribution in [0.15, 0.2) is 29.9 Å². The zero-order valence-electron chi connectivity index (χ0n) is 11.6. The van der Waals surface area contributed by atoms with Gasteiger partial charge in [-0.2, -0.15) is 0 Å². The number of hydrogen-bond donors (Lipinski definition) is 2.